The maximum Gasteiger partial charge on any atom is 0.116 e. The third-order valence-electron chi connectivity index (χ3n) is 3.77. The number of nitrogens with zero attached hydrogens (tertiary/aromatic N) is 1. The van der Waals surface area contributed by atoms with Gasteiger partial charge >= 0.3 is 0 Å². The van der Waals surface area contributed by atoms with Crippen molar-refractivity contribution in [2.75, 3.05) is 0 Å². The molecular formula is C17H14N2O. The number of hydrogen-bond acceptors (Lipinski definition) is 1. The maximum absolute atomic E-state index is 9.52. The molecule has 0 unspecified atom stereocenters. The Labute approximate surface area is 116 Å². The van der Waals surface area contributed by atoms with Crippen molar-refractivity contribution < 1.29 is 5.11 Å². The number of phenolic OH excluding ortho intramolecular Hbond substituents is 1. The summed E-state index contributed by atoms with van der Waals surface area (Å²) in [5, 5.41) is 11.8. The second kappa shape index (κ2) is 4.17. The van der Waals surface area contributed by atoms with E-state index in [0.29, 0.717) is 5.75 Å². The number of hydrogen-bond donors (Lipinski definition) is 2. The van der Waals surface area contributed by atoms with E-state index in [-0.39, 0.29) is 0 Å². The molecular weight excluding hydrogens is 248 g/mol. The smallest absolute Gasteiger partial charge is 0.116 e. The third kappa shape index (κ3) is 1.67. The van der Waals surface area contributed by atoms with Crippen LogP contribution in [0.3, 0.4) is 0 Å². The lowest BCUT2D eigenvalue weighted by Crippen LogP contribution is -1.96. The lowest BCUT2D eigenvalue weighted by molar-refractivity contribution is 0.476. The van der Waals surface area contributed by atoms with Gasteiger partial charge in [-0.1, -0.05) is 18.2 Å². The van der Waals surface area contributed by atoms with E-state index >= 15 is 0 Å². The van der Waals surface area contributed by atoms with Crippen LogP contribution < -0.4 is 0 Å². The molecule has 3 heteroatoms. The van der Waals surface area contributed by atoms with E-state index in [9.17, 15) is 5.11 Å². The van der Waals surface area contributed by atoms with Gasteiger partial charge in [0.25, 0.3) is 0 Å². The number of fused-ring (bicyclic) bond motifs is 2. The van der Waals surface area contributed by atoms with Gasteiger partial charge in [0.2, 0.25) is 0 Å². The summed E-state index contributed by atoms with van der Waals surface area (Å²) in [7, 11) is 0. The molecule has 2 aromatic carbocycles. The molecule has 3 nitrogen and oxygen atoms in total. The number of aromatic amines is 1. The predicted octanol–water partition coefficient (Wildman–Crippen LogP) is 3.88. The van der Waals surface area contributed by atoms with Crippen LogP contribution in [0.15, 0.2) is 60.9 Å². The average molecular weight is 262 g/mol. The summed E-state index contributed by atoms with van der Waals surface area (Å²) in [5.74, 6) is 0.308. The second-order valence-corrected chi connectivity index (χ2v) is 5.05. The molecule has 0 amide bonds. The van der Waals surface area contributed by atoms with E-state index in [1.54, 1.807) is 12.1 Å². The Hall–Kier alpha value is -2.68. The van der Waals surface area contributed by atoms with Crippen molar-refractivity contribution in [1.29, 1.82) is 0 Å². The molecule has 0 fully saturated rings. The third-order valence-corrected chi connectivity index (χ3v) is 3.77. The molecule has 20 heavy (non-hydrogen) atoms. The van der Waals surface area contributed by atoms with Crippen LogP contribution in [0.5, 0.6) is 5.75 Å². The number of rotatable bonds is 2. The number of aromatic nitrogens is 2. The first-order valence-electron chi connectivity index (χ1n) is 6.64. The minimum absolute atomic E-state index is 0.308. The highest BCUT2D eigenvalue weighted by Crippen LogP contribution is 2.24. The quantitative estimate of drug-likeness (QED) is 0.565. The SMILES string of the molecule is Oc1ccc2c(ccn2Cc2c[nH]c3ccccc23)c1. The zero-order valence-corrected chi connectivity index (χ0v) is 10.9. The Morgan fingerprint density at radius 1 is 1.05 bits per heavy atom. The van der Waals surface area contributed by atoms with Crippen molar-refractivity contribution >= 4 is 21.8 Å². The minimum Gasteiger partial charge on any atom is -0.508 e. The number of para-hydroxylation sites is 1. The molecule has 0 saturated heterocycles. The van der Waals surface area contributed by atoms with Gasteiger partial charge in [-0.3, -0.25) is 0 Å². The van der Waals surface area contributed by atoms with Crippen LogP contribution in [0.2, 0.25) is 0 Å². The highest BCUT2D eigenvalue weighted by atomic mass is 16.3. The standard InChI is InChI=1S/C17H14N2O/c20-14-5-6-17-12(9-14)7-8-19(17)11-13-10-18-16-4-2-1-3-15(13)16/h1-10,18,20H,11H2. The van der Waals surface area contributed by atoms with Crippen molar-refractivity contribution in [2.24, 2.45) is 0 Å². The van der Waals surface area contributed by atoms with E-state index in [1.165, 1.54) is 10.9 Å². The van der Waals surface area contributed by atoms with E-state index in [1.807, 2.05) is 18.2 Å². The zero-order chi connectivity index (χ0) is 13.5. The van der Waals surface area contributed by atoms with Crippen molar-refractivity contribution in [1.82, 2.24) is 9.55 Å². The first kappa shape index (κ1) is 11.2. The number of H-pyrrole nitrogens is 1. The summed E-state index contributed by atoms with van der Waals surface area (Å²) < 4.78 is 2.20. The van der Waals surface area contributed by atoms with Gasteiger partial charge < -0.3 is 14.7 Å². The Morgan fingerprint density at radius 3 is 2.90 bits per heavy atom. The molecule has 0 aliphatic carbocycles. The summed E-state index contributed by atoms with van der Waals surface area (Å²) in [4.78, 5) is 3.30. The van der Waals surface area contributed by atoms with Gasteiger partial charge in [0.05, 0.1) is 0 Å². The molecule has 0 saturated carbocycles. The van der Waals surface area contributed by atoms with Crippen LogP contribution in [0, 0.1) is 0 Å². The van der Waals surface area contributed by atoms with Crippen LogP contribution in [-0.4, -0.2) is 14.7 Å². The highest BCUT2D eigenvalue weighted by molar-refractivity contribution is 5.84. The van der Waals surface area contributed by atoms with Crippen molar-refractivity contribution in [3.63, 3.8) is 0 Å². The van der Waals surface area contributed by atoms with Crippen LogP contribution >= 0.6 is 0 Å². The first-order chi connectivity index (χ1) is 9.81. The fraction of sp³-hybridized carbons (Fsp3) is 0.0588. The van der Waals surface area contributed by atoms with Crippen LogP contribution in [0.1, 0.15) is 5.56 Å². The molecule has 2 aromatic heterocycles. The molecule has 0 bridgehead atoms. The monoisotopic (exact) mass is 262 g/mol. The van der Waals surface area contributed by atoms with Gasteiger partial charge in [0.15, 0.2) is 0 Å². The number of nitrogens with one attached hydrogen (secondary N) is 1. The van der Waals surface area contributed by atoms with E-state index in [2.05, 4.69) is 40.1 Å². The van der Waals surface area contributed by atoms with Gasteiger partial charge in [-0.15, -0.1) is 0 Å². The van der Waals surface area contributed by atoms with Gasteiger partial charge in [0, 0.05) is 40.7 Å². The lowest BCUT2D eigenvalue weighted by atomic mass is 10.2. The predicted molar refractivity (Wildman–Crippen MR) is 81.0 cm³/mol. The molecule has 0 atom stereocenters. The van der Waals surface area contributed by atoms with Crippen molar-refractivity contribution in [2.45, 2.75) is 6.54 Å². The molecule has 4 rings (SSSR count). The van der Waals surface area contributed by atoms with Crippen LogP contribution in [0.25, 0.3) is 21.8 Å². The summed E-state index contributed by atoms with van der Waals surface area (Å²) in [6.07, 6.45) is 4.13. The Kier molecular flexibility index (Phi) is 2.33. The van der Waals surface area contributed by atoms with E-state index < -0.39 is 0 Å². The first-order valence-corrected chi connectivity index (χ1v) is 6.64. The normalized spacial score (nSPS) is 11.4. The fourth-order valence-electron chi connectivity index (χ4n) is 2.77. The van der Waals surface area contributed by atoms with Crippen LogP contribution in [-0.2, 0) is 6.54 Å². The van der Waals surface area contributed by atoms with Gasteiger partial charge in [0.1, 0.15) is 5.75 Å². The second-order valence-electron chi connectivity index (χ2n) is 5.05. The maximum atomic E-state index is 9.52. The fourth-order valence-corrected chi connectivity index (χ4v) is 2.77. The Balaban J connectivity index is 1.81. The van der Waals surface area contributed by atoms with Gasteiger partial charge in [-0.05, 0) is 35.9 Å². The molecule has 4 aromatic rings. The zero-order valence-electron chi connectivity index (χ0n) is 10.9. The number of benzene rings is 2. The average Bonchev–Trinajstić information content (AvgIpc) is 3.04. The van der Waals surface area contributed by atoms with Gasteiger partial charge in [-0.25, -0.2) is 0 Å². The molecule has 0 spiro atoms. The number of aromatic hydroxyl groups is 1. The molecule has 2 N–H and O–H groups in total. The molecule has 98 valence electrons. The summed E-state index contributed by atoms with van der Waals surface area (Å²) in [6, 6.07) is 15.8. The molecule has 2 heterocycles. The Bertz CT molecular complexity index is 902. The van der Waals surface area contributed by atoms with E-state index in [0.717, 1.165) is 23.0 Å². The van der Waals surface area contributed by atoms with Crippen molar-refractivity contribution in [3.8, 4) is 5.75 Å². The largest absolute Gasteiger partial charge is 0.508 e. The topological polar surface area (TPSA) is 41.0 Å². The molecule has 0 radical (unpaired) electrons. The van der Waals surface area contributed by atoms with Crippen molar-refractivity contribution in [3.05, 3.63) is 66.5 Å². The number of phenols is 1. The minimum atomic E-state index is 0.308. The lowest BCUT2D eigenvalue weighted by Gasteiger charge is -2.05. The molecule has 0 aliphatic rings. The molecule has 0 aliphatic heterocycles. The van der Waals surface area contributed by atoms with Gasteiger partial charge in [-0.2, -0.15) is 0 Å². The Morgan fingerprint density at radius 2 is 1.95 bits per heavy atom. The van der Waals surface area contributed by atoms with Crippen LogP contribution in [0.4, 0.5) is 0 Å². The summed E-state index contributed by atoms with van der Waals surface area (Å²) >= 11 is 0. The summed E-state index contributed by atoms with van der Waals surface area (Å²) in [5.41, 5.74) is 3.57. The summed E-state index contributed by atoms with van der Waals surface area (Å²) in [6.45, 7) is 0.818. The highest BCUT2D eigenvalue weighted by Gasteiger charge is 2.06. The van der Waals surface area contributed by atoms with E-state index in [4.69, 9.17) is 0 Å².